The fourth-order valence-corrected chi connectivity index (χ4v) is 4.37. The maximum atomic E-state index is 13.3. The van der Waals surface area contributed by atoms with Crippen LogP contribution in [0.15, 0.2) is 36.4 Å². The number of ether oxygens (including phenoxy) is 4. The molecule has 0 aliphatic heterocycles. The van der Waals surface area contributed by atoms with E-state index in [2.05, 4.69) is 0 Å². The molecule has 0 unspecified atom stereocenters. The quantitative estimate of drug-likeness (QED) is 0.374. The van der Waals surface area contributed by atoms with Gasteiger partial charge in [-0.1, -0.05) is 17.4 Å². The number of benzene rings is 2. The fraction of sp³-hybridized carbons (Fsp3) is 0.360. The molecule has 9 heteroatoms. The lowest BCUT2D eigenvalue weighted by Gasteiger charge is -2.20. The van der Waals surface area contributed by atoms with Gasteiger partial charge in [0.1, 0.15) is 11.3 Å². The van der Waals surface area contributed by atoms with Gasteiger partial charge in [-0.15, -0.1) is 0 Å². The summed E-state index contributed by atoms with van der Waals surface area (Å²) in [4.78, 5) is 21.8. The van der Waals surface area contributed by atoms with Gasteiger partial charge in [0.25, 0.3) is 5.91 Å². The highest BCUT2D eigenvalue weighted by atomic mass is 32.1. The zero-order valence-electron chi connectivity index (χ0n) is 20.5. The summed E-state index contributed by atoms with van der Waals surface area (Å²) in [5, 5.41) is 0.628. The van der Waals surface area contributed by atoms with E-state index in [0.29, 0.717) is 42.1 Å². The molecule has 3 rings (SSSR count). The van der Waals surface area contributed by atoms with Gasteiger partial charge in [0, 0.05) is 19.2 Å². The van der Waals surface area contributed by atoms with Crippen molar-refractivity contribution < 1.29 is 23.7 Å². The highest BCUT2D eigenvalue weighted by Crippen LogP contribution is 2.38. The number of thiazole rings is 1. The van der Waals surface area contributed by atoms with Crippen LogP contribution in [0.25, 0.3) is 16.3 Å². The van der Waals surface area contributed by atoms with Gasteiger partial charge in [-0.05, 0) is 56.9 Å². The second kappa shape index (κ2) is 11.7. The van der Waals surface area contributed by atoms with Gasteiger partial charge in [-0.25, -0.2) is 4.98 Å². The third-order valence-corrected chi connectivity index (χ3v) is 6.09. The van der Waals surface area contributed by atoms with E-state index in [1.165, 1.54) is 17.4 Å². The smallest absolute Gasteiger partial charge is 0.252 e. The molecule has 0 N–H and O–H groups in total. The van der Waals surface area contributed by atoms with Gasteiger partial charge in [-0.3, -0.25) is 9.69 Å². The van der Waals surface area contributed by atoms with Crippen molar-refractivity contribution in [3.05, 3.63) is 42.0 Å². The van der Waals surface area contributed by atoms with Crippen molar-refractivity contribution in [1.29, 1.82) is 0 Å². The predicted molar refractivity (Wildman–Crippen MR) is 137 cm³/mol. The van der Waals surface area contributed by atoms with E-state index < -0.39 is 0 Å². The molecule has 1 heterocycles. The zero-order valence-corrected chi connectivity index (χ0v) is 21.3. The van der Waals surface area contributed by atoms with E-state index in [1.807, 2.05) is 44.1 Å². The van der Waals surface area contributed by atoms with Gasteiger partial charge in [0.05, 0.1) is 32.6 Å². The molecular formula is C25H31N3O5S. The molecule has 182 valence electrons. The monoisotopic (exact) mass is 485 g/mol. The molecule has 8 nitrogen and oxygen atoms in total. The Hall–Kier alpha value is -3.30. The van der Waals surface area contributed by atoms with Gasteiger partial charge in [0.15, 0.2) is 16.6 Å². The second-order valence-electron chi connectivity index (χ2n) is 7.62. The molecular weight excluding hydrogens is 454 g/mol. The predicted octanol–water partition coefficient (Wildman–Crippen LogP) is 4.33. The molecule has 0 fully saturated rings. The Bertz CT molecular complexity index is 1130. The van der Waals surface area contributed by atoms with Crippen LogP contribution in [-0.4, -0.2) is 70.9 Å². The fourth-order valence-electron chi connectivity index (χ4n) is 3.35. The Morgan fingerprint density at radius 1 is 1.03 bits per heavy atom. The highest BCUT2D eigenvalue weighted by Gasteiger charge is 2.20. The normalized spacial score (nSPS) is 11.3. The minimum absolute atomic E-state index is 0.174. The van der Waals surface area contributed by atoms with Gasteiger partial charge in [0.2, 0.25) is 5.75 Å². The second-order valence-corrected chi connectivity index (χ2v) is 8.63. The van der Waals surface area contributed by atoms with E-state index in [0.717, 1.165) is 21.5 Å². The SMILES string of the molecule is CCOc1cccc2sc(N(CCN(C)C)C(=O)/C=C/c3cc(OC)c(OC)c(OC)c3)nc12. The van der Waals surface area contributed by atoms with Crippen molar-refractivity contribution in [3.63, 3.8) is 0 Å². The van der Waals surface area contributed by atoms with Crippen LogP contribution in [0.4, 0.5) is 5.13 Å². The Kier molecular flexibility index (Phi) is 8.72. The first-order valence-corrected chi connectivity index (χ1v) is 11.7. The van der Waals surface area contributed by atoms with Crippen LogP contribution in [-0.2, 0) is 4.79 Å². The first kappa shape index (κ1) is 25.3. The molecule has 3 aromatic rings. The third kappa shape index (κ3) is 5.78. The Morgan fingerprint density at radius 2 is 1.74 bits per heavy atom. The van der Waals surface area contributed by atoms with Crippen molar-refractivity contribution in [2.24, 2.45) is 0 Å². The summed E-state index contributed by atoms with van der Waals surface area (Å²) >= 11 is 1.47. The van der Waals surface area contributed by atoms with Crippen molar-refractivity contribution in [2.75, 3.05) is 60.0 Å². The maximum absolute atomic E-state index is 13.3. The number of carbonyl (C=O) groups excluding carboxylic acids is 1. The molecule has 0 saturated heterocycles. The van der Waals surface area contributed by atoms with E-state index in [-0.39, 0.29) is 5.91 Å². The lowest BCUT2D eigenvalue weighted by molar-refractivity contribution is -0.114. The zero-order chi connectivity index (χ0) is 24.7. The number of para-hydroxylation sites is 1. The van der Waals surface area contributed by atoms with Gasteiger partial charge < -0.3 is 23.8 Å². The molecule has 0 radical (unpaired) electrons. The van der Waals surface area contributed by atoms with E-state index in [1.54, 1.807) is 44.4 Å². The Balaban J connectivity index is 1.94. The van der Waals surface area contributed by atoms with Crippen LogP contribution >= 0.6 is 11.3 Å². The maximum Gasteiger partial charge on any atom is 0.252 e. The summed E-state index contributed by atoms with van der Waals surface area (Å²) in [6, 6.07) is 9.40. The van der Waals surface area contributed by atoms with E-state index >= 15 is 0 Å². The number of rotatable bonds is 11. The number of likely N-dealkylation sites (N-methyl/N-ethyl adjacent to an activating group) is 1. The standard InChI is InChI=1S/C25H31N3O5S/c1-7-33-18-9-8-10-21-23(18)26-25(34-21)28(14-13-27(2)3)22(29)12-11-17-15-19(30-4)24(32-6)20(16-17)31-5/h8-12,15-16H,7,13-14H2,1-6H3/b12-11+. The third-order valence-electron chi connectivity index (χ3n) is 5.04. The first-order chi connectivity index (χ1) is 16.4. The van der Waals surface area contributed by atoms with Crippen molar-refractivity contribution in [1.82, 2.24) is 9.88 Å². The van der Waals surface area contributed by atoms with Crippen LogP contribution < -0.4 is 23.8 Å². The molecule has 1 aromatic heterocycles. The number of hydrogen-bond acceptors (Lipinski definition) is 8. The number of amides is 1. The Morgan fingerprint density at radius 3 is 2.32 bits per heavy atom. The van der Waals surface area contributed by atoms with Gasteiger partial charge in [-0.2, -0.15) is 0 Å². The minimum Gasteiger partial charge on any atom is -0.493 e. The molecule has 2 aromatic carbocycles. The van der Waals surface area contributed by atoms with Crippen molar-refractivity contribution in [3.8, 4) is 23.0 Å². The summed E-state index contributed by atoms with van der Waals surface area (Å²) in [5.41, 5.74) is 1.51. The lowest BCUT2D eigenvalue weighted by Crippen LogP contribution is -2.35. The molecule has 0 spiro atoms. The summed E-state index contributed by atoms with van der Waals surface area (Å²) in [7, 11) is 8.61. The summed E-state index contributed by atoms with van der Waals surface area (Å²) in [6.07, 6.45) is 3.26. The number of carbonyl (C=O) groups is 1. The number of hydrogen-bond donors (Lipinski definition) is 0. The number of aromatic nitrogens is 1. The summed E-state index contributed by atoms with van der Waals surface area (Å²) in [6.45, 7) is 3.67. The number of anilines is 1. The summed E-state index contributed by atoms with van der Waals surface area (Å²) < 4.78 is 22.9. The first-order valence-electron chi connectivity index (χ1n) is 10.9. The van der Waals surface area contributed by atoms with Crippen molar-refractivity contribution in [2.45, 2.75) is 6.92 Å². The Labute approximate surface area is 204 Å². The largest absolute Gasteiger partial charge is 0.493 e. The van der Waals surface area contributed by atoms with Crippen molar-refractivity contribution >= 4 is 38.7 Å². The van der Waals surface area contributed by atoms with Crippen LogP contribution in [0.5, 0.6) is 23.0 Å². The molecule has 0 atom stereocenters. The molecule has 1 amide bonds. The molecule has 34 heavy (non-hydrogen) atoms. The van der Waals surface area contributed by atoms with Crippen LogP contribution in [0.2, 0.25) is 0 Å². The highest BCUT2D eigenvalue weighted by molar-refractivity contribution is 7.22. The molecule has 0 saturated carbocycles. The summed E-state index contributed by atoms with van der Waals surface area (Å²) in [5.74, 6) is 2.09. The number of fused-ring (bicyclic) bond motifs is 1. The van der Waals surface area contributed by atoms with Gasteiger partial charge >= 0.3 is 0 Å². The topological polar surface area (TPSA) is 73.4 Å². The average Bonchev–Trinajstić information content (AvgIpc) is 3.27. The number of nitrogens with zero attached hydrogens (tertiary/aromatic N) is 3. The van der Waals surface area contributed by atoms with Crippen LogP contribution in [0.1, 0.15) is 12.5 Å². The van der Waals surface area contributed by atoms with Crippen LogP contribution in [0.3, 0.4) is 0 Å². The number of methoxy groups -OCH3 is 3. The van der Waals surface area contributed by atoms with E-state index in [4.69, 9.17) is 23.9 Å². The molecule has 0 bridgehead atoms. The van der Waals surface area contributed by atoms with E-state index in [9.17, 15) is 4.79 Å². The van der Waals surface area contributed by atoms with Crippen LogP contribution in [0, 0.1) is 0 Å². The lowest BCUT2D eigenvalue weighted by atomic mass is 10.1. The molecule has 0 aliphatic carbocycles. The molecule has 0 aliphatic rings. The minimum atomic E-state index is -0.174. The average molecular weight is 486 g/mol.